The molecule has 2 rings (SSSR count). The van der Waals surface area contributed by atoms with Gasteiger partial charge < -0.3 is 0 Å². The molecule has 0 unspecified atom stereocenters. The summed E-state index contributed by atoms with van der Waals surface area (Å²) in [6.45, 7) is 0. The first-order chi connectivity index (χ1) is 5.88. The van der Waals surface area contributed by atoms with Crippen molar-refractivity contribution in [3.63, 3.8) is 0 Å². The minimum absolute atomic E-state index is 0.293. The maximum atomic E-state index is 7.43. The van der Waals surface area contributed by atoms with Gasteiger partial charge in [0, 0.05) is 0 Å². The van der Waals surface area contributed by atoms with E-state index < -0.39 is 0 Å². The SMILES string of the molecule is [2H]c1cnnn1-c1ccccc1. The number of hydrogen-bond acceptors (Lipinski definition) is 2. The van der Waals surface area contributed by atoms with E-state index in [0.29, 0.717) is 6.17 Å². The lowest BCUT2D eigenvalue weighted by Crippen LogP contribution is -1.93. The Bertz CT molecular complexity index is 369. The molecule has 1 aromatic heterocycles. The molecule has 0 radical (unpaired) electrons. The van der Waals surface area contributed by atoms with Crippen LogP contribution in [0.5, 0.6) is 0 Å². The molecule has 0 bridgehead atoms. The second-order valence-electron chi connectivity index (χ2n) is 2.11. The van der Waals surface area contributed by atoms with Crippen molar-refractivity contribution in [2.24, 2.45) is 0 Å². The smallest absolute Gasteiger partial charge is 0.0859 e. The van der Waals surface area contributed by atoms with E-state index in [4.69, 9.17) is 1.37 Å². The monoisotopic (exact) mass is 146 g/mol. The molecule has 0 aliphatic rings. The van der Waals surface area contributed by atoms with Gasteiger partial charge in [-0.3, -0.25) is 0 Å². The zero-order chi connectivity index (χ0) is 8.39. The molecule has 3 heteroatoms. The zero-order valence-corrected chi connectivity index (χ0v) is 5.81. The quantitative estimate of drug-likeness (QED) is 0.606. The van der Waals surface area contributed by atoms with Crippen LogP contribution in [-0.4, -0.2) is 15.0 Å². The molecule has 0 N–H and O–H groups in total. The highest BCUT2D eigenvalue weighted by molar-refractivity contribution is 5.29. The van der Waals surface area contributed by atoms with Gasteiger partial charge in [-0.15, -0.1) is 5.10 Å². The van der Waals surface area contributed by atoms with E-state index in [9.17, 15) is 0 Å². The number of para-hydroxylation sites is 1. The zero-order valence-electron chi connectivity index (χ0n) is 6.81. The third-order valence-corrected chi connectivity index (χ3v) is 1.38. The van der Waals surface area contributed by atoms with Crippen LogP contribution in [0.4, 0.5) is 0 Å². The minimum atomic E-state index is 0.293. The predicted molar refractivity (Wildman–Crippen MR) is 41.4 cm³/mol. The molecule has 2 aromatic rings. The standard InChI is InChI=1S/C8H7N3/c1-2-4-8(5-3-1)11-7-6-9-10-11/h1-7H/i7D. The third kappa shape index (κ3) is 1.12. The molecular weight excluding hydrogens is 138 g/mol. The molecule has 0 spiro atoms. The summed E-state index contributed by atoms with van der Waals surface area (Å²) in [4.78, 5) is 0. The van der Waals surface area contributed by atoms with Gasteiger partial charge in [0.15, 0.2) is 0 Å². The molecule has 1 aromatic carbocycles. The summed E-state index contributed by atoms with van der Waals surface area (Å²) in [5, 5.41) is 7.39. The number of nitrogens with zero attached hydrogens (tertiary/aromatic N) is 3. The first-order valence-corrected chi connectivity index (χ1v) is 3.30. The highest BCUT2D eigenvalue weighted by atomic mass is 15.4. The fraction of sp³-hybridized carbons (Fsp3) is 0. The fourth-order valence-corrected chi connectivity index (χ4v) is 0.879. The second-order valence-corrected chi connectivity index (χ2v) is 2.11. The molecule has 1 heterocycles. The molecule has 3 nitrogen and oxygen atoms in total. The summed E-state index contributed by atoms with van der Waals surface area (Å²) >= 11 is 0. The average molecular weight is 146 g/mol. The van der Waals surface area contributed by atoms with E-state index >= 15 is 0 Å². The Kier molecular flexibility index (Phi) is 1.17. The lowest BCUT2D eigenvalue weighted by molar-refractivity contribution is 0.803. The maximum Gasteiger partial charge on any atom is 0.0859 e. The maximum absolute atomic E-state index is 7.43. The Balaban J connectivity index is 2.51. The summed E-state index contributed by atoms with van der Waals surface area (Å²) in [7, 11) is 0. The van der Waals surface area contributed by atoms with Crippen LogP contribution in [0.2, 0.25) is 0 Å². The summed E-state index contributed by atoms with van der Waals surface area (Å²) < 4.78 is 8.90. The first kappa shape index (κ1) is 5.07. The van der Waals surface area contributed by atoms with Gasteiger partial charge in [-0.05, 0) is 12.1 Å². The number of rotatable bonds is 1. The van der Waals surface area contributed by atoms with E-state index in [1.54, 1.807) is 0 Å². The summed E-state index contributed by atoms with van der Waals surface area (Å²) in [5.74, 6) is 0. The van der Waals surface area contributed by atoms with Crippen LogP contribution in [0.1, 0.15) is 1.37 Å². The van der Waals surface area contributed by atoms with Gasteiger partial charge >= 0.3 is 0 Å². The highest BCUT2D eigenvalue weighted by Gasteiger charge is 1.91. The molecule has 0 aliphatic heterocycles. The lowest BCUT2D eigenvalue weighted by Gasteiger charge is -1.96. The normalized spacial score (nSPS) is 11.1. The van der Waals surface area contributed by atoms with Crippen molar-refractivity contribution < 1.29 is 1.37 Å². The predicted octanol–water partition coefficient (Wildman–Crippen LogP) is 1.27. The van der Waals surface area contributed by atoms with Crippen LogP contribution in [-0.2, 0) is 0 Å². The Morgan fingerprint density at radius 3 is 2.73 bits per heavy atom. The van der Waals surface area contributed by atoms with Gasteiger partial charge in [0.2, 0.25) is 0 Å². The van der Waals surface area contributed by atoms with Crippen LogP contribution < -0.4 is 0 Å². The van der Waals surface area contributed by atoms with Crippen LogP contribution in [0.3, 0.4) is 0 Å². The van der Waals surface area contributed by atoms with Crippen LogP contribution >= 0.6 is 0 Å². The molecule has 0 saturated carbocycles. The topological polar surface area (TPSA) is 30.7 Å². The molecule has 11 heavy (non-hydrogen) atoms. The van der Waals surface area contributed by atoms with Crippen molar-refractivity contribution in [1.29, 1.82) is 0 Å². The van der Waals surface area contributed by atoms with Crippen molar-refractivity contribution in [3.05, 3.63) is 42.7 Å². The number of hydrogen-bond donors (Lipinski definition) is 0. The van der Waals surface area contributed by atoms with Crippen molar-refractivity contribution in [2.45, 2.75) is 0 Å². The van der Waals surface area contributed by atoms with E-state index in [1.165, 1.54) is 10.9 Å². The van der Waals surface area contributed by atoms with Gasteiger partial charge in [-0.25, -0.2) is 4.68 Å². The molecule has 0 fully saturated rings. The molecule has 0 atom stereocenters. The molecule has 54 valence electrons. The fourth-order valence-electron chi connectivity index (χ4n) is 0.879. The second kappa shape index (κ2) is 2.54. The van der Waals surface area contributed by atoms with Gasteiger partial charge in [-0.1, -0.05) is 23.4 Å². The van der Waals surface area contributed by atoms with Crippen LogP contribution in [0, 0.1) is 0 Å². The molecule has 0 aliphatic carbocycles. The Hall–Kier alpha value is -1.64. The van der Waals surface area contributed by atoms with Crippen molar-refractivity contribution >= 4 is 0 Å². The number of aromatic nitrogens is 3. The molecule has 0 saturated heterocycles. The Morgan fingerprint density at radius 1 is 1.27 bits per heavy atom. The molecule has 0 amide bonds. The highest BCUT2D eigenvalue weighted by Crippen LogP contribution is 2.02. The summed E-state index contributed by atoms with van der Waals surface area (Å²) in [5.41, 5.74) is 0.861. The van der Waals surface area contributed by atoms with E-state index in [-0.39, 0.29) is 0 Å². The largest absolute Gasteiger partial charge is 0.221 e. The number of benzene rings is 1. The average Bonchev–Trinajstić information content (AvgIpc) is 2.53. The van der Waals surface area contributed by atoms with Gasteiger partial charge in [-0.2, -0.15) is 0 Å². The van der Waals surface area contributed by atoms with Crippen LogP contribution in [0.15, 0.2) is 42.7 Å². The van der Waals surface area contributed by atoms with Crippen LogP contribution in [0.25, 0.3) is 5.69 Å². The van der Waals surface area contributed by atoms with Crippen molar-refractivity contribution in [2.75, 3.05) is 0 Å². The molecular formula is C8H7N3. The van der Waals surface area contributed by atoms with Crippen molar-refractivity contribution in [3.8, 4) is 5.69 Å². The summed E-state index contributed by atoms with van der Waals surface area (Å²) in [6, 6.07) is 9.48. The van der Waals surface area contributed by atoms with Gasteiger partial charge in [0.25, 0.3) is 0 Å². The van der Waals surface area contributed by atoms with E-state index in [1.807, 2.05) is 30.3 Å². The minimum Gasteiger partial charge on any atom is -0.221 e. The third-order valence-electron chi connectivity index (χ3n) is 1.38. The first-order valence-electron chi connectivity index (χ1n) is 3.80. The van der Waals surface area contributed by atoms with E-state index in [2.05, 4.69) is 10.3 Å². The Labute approximate surface area is 65.7 Å². The van der Waals surface area contributed by atoms with Crippen molar-refractivity contribution in [1.82, 2.24) is 15.0 Å². The lowest BCUT2D eigenvalue weighted by atomic mass is 10.3. The summed E-state index contributed by atoms with van der Waals surface area (Å²) in [6.07, 6.45) is 1.70. The van der Waals surface area contributed by atoms with Gasteiger partial charge in [0.1, 0.15) is 0 Å². The Morgan fingerprint density at radius 2 is 2.09 bits per heavy atom. The van der Waals surface area contributed by atoms with Gasteiger partial charge in [0.05, 0.1) is 19.4 Å². The van der Waals surface area contributed by atoms with E-state index in [0.717, 1.165) is 5.69 Å².